The predicted molar refractivity (Wildman–Crippen MR) is 110 cm³/mol. The minimum atomic E-state index is -3.65. The third-order valence-corrected chi connectivity index (χ3v) is 6.08. The molecule has 1 aliphatic rings. The third kappa shape index (κ3) is 4.99. The van der Waals surface area contributed by atoms with Crippen LogP contribution in [0.4, 0.5) is 11.4 Å². The molecule has 1 aliphatic carbocycles. The van der Waals surface area contributed by atoms with Gasteiger partial charge in [0.25, 0.3) is 11.6 Å². The summed E-state index contributed by atoms with van der Waals surface area (Å²) in [5.41, 5.74) is 0.355. The van der Waals surface area contributed by atoms with Crippen LogP contribution in [0, 0.1) is 10.1 Å². The summed E-state index contributed by atoms with van der Waals surface area (Å²) in [7, 11) is -3.65. The van der Waals surface area contributed by atoms with Gasteiger partial charge >= 0.3 is 0 Å². The summed E-state index contributed by atoms with van der Waals surface area (Å²) < 4.78 is 27.3. The van der Waals surface area contributed by atoms with Crippen molar-refractivity contribution in [1.82, 2.24) is 4.72 Å². The number of carbonyl (C=O) groups is 1. The van der Waals surface area contributed by atoms with E-state index in [0.29, 0.717) is 5.56 Å². The molecule has 1 amide bonds. The summed E-state index contributed by atoms with van der Waals surface area (Å²) in [6.45, 7) is 5.57. The van der Waals surface area contributed by atoms with Crippen LogP contribution >= 0.6 is 0 Å². The number of nitro groups is 1. The quantitative estimate of drug-likeness (QED) is 0.550. The number of nitrogens with zero attached hydrogens (tertiary/aromatic N) is 1. The van der Waals surface area contributed by atoms with E-state index in [4.69, 9.17) is 0 Å². The van der Waals surface area contributed by atoms with E-state index in [2.05, 4.69) is 10.0 Å². The van der Waals surface area contributed by atoms with Gasteiger partial charge < -0.3 is 5.32 Å². The molecule has 0 radical (unpaired) electrons. The maximum absolute atomic E-state index is 12.6. The molecule has 0 spiro atoms. The number of nitro benzene ring substituents is 1. The van der Waals surface area contributed by atoms with Gasteiger partial charge in [0.1, 0.15) is 0 Å². The lowest BCUT2D eigenvalue weighted by Gasteiger charge is -2.19. The number of carbonyl (C=O) groups excluding carboxylic acids is 1. The summed E-state index contributed by atoms with van der Waals surface area (Å²) in [4.78, 5) is 23.6. The Hall–Kier alpha value is -2.78. The summed E-state index contributed by atoms with van der Waals surface area (Å²) in [6, 6.07) is 10.2. The number of nitrogens with one attached hydrogen (secondary N) is 2. The smallest absolute Gasteiger partial charge is 0.273 e. The highest BCUT2D eigenvalue weighted by molar-refractivity contribution is 7.89. The molecule has 9 heteroatoms. The number of rotatable bonds is 6. The van der Waals surface area contributed by atoms with Gasteiger partial charge in [-0.2, -0.15) is 0 Å². The molecule has 2 aromatic rings. The molecule has 2 aromatic carbocycles. The summed E-state index contributed by atoms with van der Waals surface area (Å²) in [5, 5.41) is 14.1. The molecule has 2 N–H and O–H groups in total. The van der Waals surface area contributed by atoms with Crippen molar-refractivity contribution in [2.75, 3.05) is 5.32 Å². The molecule has 0 unspecified atom stereocenters. The Morgan fingerprint density at radius 3 is 2.41 bits per heavy atom. The molecule has 0 heterocycles. The molecule has 0 aliphatic heterocycles. The second kappa shape index (κ2) is 7.57. The van der Waals surface area contributed by atoms with Crippen LogP contribution in [0.2, 0.25) is 0 Å². The molecule has 0 bridgehead atoms. The lowest BCUT2D eigenvalue weighted by molar-refractivity contribution is -0.386. The van der Waals surface area contributed by atoms with Gasteiger partial charge in [-0.05, 0) is 42.5 Å². The second-order valence-corrected chi connectivity index (χ2v) is 9.83. The monoisotopic (exact) mass is 417 g/mol. The molecular formula is C20H23N3O5S. The Kier molecular flexibility index (Phi) is 5.46. The van der Waals surface area contributed by atoms with Gasteiger partial charge in [0.2, 0.25) is 10.0 Å². The van der Waals surface area contributed by atoms with E-state index in [1.165, 1.54) is 30.3 Å². The van der Waals surface area contributed by atoms with Crippen LogP contribution in [0.3, 0.4) is 0 Å². The van der Waals surface area contributed by atoms with Gasteiger partial charge in [-0.25, -0.2) is 13.1 Å². The van der Waals surface area contributed by atoms with Crippen LogP contribution < -0.4 is 10.0 Å². The fraction of sp³-hybridized carbons (Fsp3) is 0.350. The Morgan fingerprint density at radius 1 is 1.14 bits per heavy atom. The fourth-order valence-electron chi connectivity index (χ4n) is 2.89. The molecule has 0 atom stereocenters. The summed E-state index contributed by atoms with van der Waals surface area (Å²) in [6.07, 6.45) is 1.64. The second-order valence-electron chi connectivity index (χ2n) is 8.12. The van der Waals surface area contributed by atoms with Gasteiger partial charge in [0.15, 0.2) is 0 Å². The van der Waals surface area contributed by atoms with Crippen LogP contribution in [0.1, 0.15) is 49.5 Å². The minimum absolute atomic E-state index is 0.0277. The maximum atomic E-state index is 12.6. The maximum Gasteiger partial charge on any atom is 0.273 e. The average Bonchev–Trinajstić information content (AvgIpc) is 3.44. The van der Waals surface area contributed by atoms with E-state index in [1.54, 1.807) is 12.1 Å². The molecule has 1 saturated carbocycles. The topological polar surface area (TPSA) is 118 Å². The van der Waals surface area contributed by atoms with Crippen molar-refractivity contribution in [2.24, 2.45) is 0 Å². The van der Waals surface area contributed by atoms with Crippen molar-refractivity contribution in [3.63, 3.8) is 0 Å². The van der Waals surface area contributed by atoms with Gasteiger partial charge in [0.05, 0.1) is 9.82 Å². The van der Waals surface area contributed by atoms with Crippen LogP contribution in [0.25, 0.3) is 0 Å². The standard InChI is InChI=1S/C20H23N3O5S/c1-20(2,3)17-10-7-13(11-18(17)23(25)26)19(24)21-15-5-4-6-16(12-15)29(27,28)22-14-8-9-14/h4-7,10-12,14,22H,8-9H2,1-3H3,(H,21,24). The SMILES string of the molecule is CC(C)(C)c1ccc(C(=O)Nc2cccc(S(=O)(=O)NC3CC3)c2)cc1[N+](=O)[O-]. The van der Waals surface area contributed by atoms with Gasteiger partial charge in [0, 0.05) is 28.9 Å². The first-order valence-electron chi connectivity index (χ1n) is 9.20. The normalized spacial score (nSPS) is 14.4. The number of sulfonamides is 1. The largest absolute Gasteiger partial charge is 0.322 e. The van der Waals surface area contributed by atoms with Crippen molar-refractivity contribution in [3.05, 3.63) is 63.7 Å². The number of amides is 1. The van der Waals surface area contributed by atoms with Crippen LogP contribution in [-0.4, -0.2) is 25.3 Å². The predicted octanol–water partition coefficient (Wildman–Crippen LogP) is 3.59. The zero-order valence-corrected chi connectivity index (χ0v) is 17.2. The summed E-state index contributed by atoms with van der Waals surface area (Å²) >= 11 is 0. The van der Waals surface area contributed by atoms with Crippen molar-refractivity contribution in [1.29, 1.82) is 0 Å². The molecule has 0 saturated heterocycles. The minimum Gasteiger partial charge on any atom is -0.322 e. The highest BCUT2D eigenvalue weighted by atomic mass is 32.2. The Labute approximate surface area is 169 Å². The fourth-order valence-corrected chi connectivity index (χ4v) is 4.24. The first-order valence-corrected chi connectivity index (χ1v) is 10.7. The first kappa shape index (κ1) is 20.9. The molecule has 0 aromatic heterocycles. The molecule has 29 heavy (non-hydrogen) atoms. The number of hydrogen-bond acceptors (Lipinski definition) is 5. The molecule has 154 valence electrons. The lowest BCUT2D eigenvalue weighted by atomic mass is 9.85. The average molecular weight is 417 g/mol. The number of benzene rings is 2. The van der Waals surface area contributed by atoms with Gasteiger partial charge in [-0.3, -0.25) is 14.9 Å². The molecule has 8 nitrogen and oxygen atoms in total. The number of hydrogen-bond donors (Lipinski definition) is 2. The van der Waals surface area contributed by atoms with E-state index < -0.39 is 26.3 Å². The van der Waals surface area contributed by atoms with Crippen LogP contribution in [0.5, 0.6) is 0 Å². The van der Waals surface area contributed by atoms with Crippen molar-refractivity contribution >= 4 is 27.3 Å². The number of anilines is 1. The first-order chi connectivity index (χ1) is 13.5. The van der Waals surface area contributed by atoms with E-state index in [1.807, 2.05) is 20.8 Å². The molecular weight excluding hydrogens is 394 g/mol. The van der Waals surface area contributed by atoms with Crippen LogP contribution in [-0.2, 0) is 15.4 Å². The van der Waals surface area contributed by atoms with E-state index in [0.717, 1.165) is 12.8 Å². The summed E-state index contributed by atoms with van der Waals surface area (Å²) in [5.74, 6) is -0.557. The van der Waals surface area contributed by atoms with Crippen molar-refractivity contribution in [3.8, 4) is 0 Å². The van der Waals surface area contributed by atoms with Gasteiger partial charge in [-0.1, -0.05) is 32.9 Å². The van der Waals surface area contributed by atoms with E-state index >= 15 is 0 Å². The van der Waals surface area contributed by atoms with Gasteiger partial charge in [-0.15, -0.1) is 0 Å². The van der Waals surface area contributed by atoms with Crippen LogP contribution in [0.15, 0.2) is 47.4 Å². The van der Waals surface area contributed by atoms with E-state index in [-0.39, 0.29) is 27.9 Å². The van der Waals surface area contributed by atoms with Crippen molar-refractivity contribution < 1.29 is 18.1 Å². The highest BCUT2D eigenvalue weighted by Crippen LogP contribution is 2.32. The lowest BCUT2D eigenvalue weighted by Crippen LogP contribution is -2.25. The van der Waals surface area contributed by atoms with E-state index in [9.17, 15) is 23.3 Å². The zero-order chi connectivity index (χ0) is 21.4. The Bertz CT molecular complexity index is 1070. The molecule has 1 fully saturated rings. The Morgan fingerprint density at radius 2 is 1.83 bits per heavy atom. The molecule has 3 rings (SSSR count). The third-order valence-electron chi connectivity index (χ3n) is 4.57. The Balaban J connectivity index is 1.84. The zero-order valence-electron chi connectivity index (χ0n) is 16.4. The van der Waals surface area contributed by atoms with Crippen molar-refractivity contribution in [2.45, 2.75) is 50.0 Å². The highest BCUT2D eigenvalue weighted by Gasteiger charge is 2.28.